The molecule has 18 heavy (non-hydrogen) atoms. The van der Waals surface area contributed by atoms with Crippen molar-refractivity contribution in [2.24, 2.45) is 0 Å². The average molecular weight is 251 g/mol. The van der Waals surface area contributed by atoms with Gasteiger partial charge in [0, 0.05) is 26.1 Å². The minimum absolute atomic E-state index is 0.137. The number of nitrogens with one attached hydrogen (secondary N) is 1. The highest BCUT2D eigenvalue weighted by Crippen LogP contribution is 2.30. The lowest BCUT2D eigenvalue weighted by Gasteiger charge is -2.29. The molecule has 100 valence electrons. The van der Waals surface area contributed by atoms with Crippen LogP contribution < -0.4 is 10.5 Å². The number of aromatic nitrogens is 2. The quantitative estimate of drug-likeness (QED) is 0.840. The molecule has 0 amide bonds. The molecule has 1 aliphatic rings. The Kier molecular flexibility index (Phi) is 3.71. The Hall–Kier alpha value is -1.36. The summed E-state index contributed by atoms with van der Waals surface area (Å²) < 4.78 is 0. The van der Waals surface area contributed by atoms with Crippen molar-refractivity contribution in [1.29, 1.82) is 0 Å². The molecule has 2 rings (SSSR count). The molecule has 0 spiro atoms. The van der Waals surface area contributed by atoms with Crippen LogP contribution in [-0.4, -0.2) is 34.3 Å². The maximum Gasteiger partial charge on any atom is 0.252 e. The Morgan fingerprint density at radius 3 is 2.78 bits per heavy atom. The van der Waals surface area contributed by atoms with Gasteiger partial charge in [-0.25, -0.2) is 4.98 Å². The highest BCUT2D eigenvalue weighted by Gasteiger charge is 2.32. The van der Waals surface area contributed by atoms with Crippen molar-refractivity contribution >= 4 is 5.82 Å². The Morgan fingerprint density at radius 1 is 1.50 bits per heavy atom. The zero-order chi connectivity index (χ0) is 13.2. The van der Waals surface area contributed by atoms with E-state index in [0.29, 0.717) is 24.6 Å². The van der Waals surface area contributed by atoms with Gasteiger partial charge in [-0.05, 0) is 12.8 Å². The van der Waals surface area contributed by atoms with Crippen molar-refractivity contribution < 1.29 is 5.11 Å². The number of anilines is 1. The molecule has 0 bridgehead atoms. The van der Waals surface area contributed by atoms with Gasteiger partial charge in [0.2, 0.25) is 0 Å². The van der Waals surface area contributed by atoms with Gasteiger partial charge in [0.25, 0.3) is 5.56 Å². The van der Waals surface area contributed by atoms with E-state index in [9.17, 15) is 9.90 Å². The fourth-order valence-corrected chi connectivity index (χ4v) is 2.57. The van der Waals surface area contributed by atoms with Crippen molar-refractivity contribution in [3.63, 3.8) is 0 Å². The molecule has 1 aromatic heterocycles. The SMILES string of the molecule is CCc1nc(N(C)CC2(O)CCCC2)cc(=O)[nH]1. The van der Waals surface area contributed by atoms with E-state index in [2.05, 4.69) is 9.97 Å². The van der Waals surface area contributed by atoms with Crippen molar-refractivity contribution in [1.82, 2.24) is 9.97 Å². The van der Waals surface area contributed by atoms with E-state index in [1.165, 1.54) is 6.07 Å². The predicted molar refractivity (Wildman–Crippen MR) is 70.9 cm³/mol. The second-order valence-corrected chi connectivity index (χ2v) is 5.19. The first-order valence-corrected chi connectivity index (χ1v) is 6.56. The number of rotatable bonds is 4. The number of aromatic amines is 1. The normalized spacial score (nSPS) is 17.9. The summed E-state index contributed by atoms with van der Waals surface area (Å²) in [4.78, 5) is 20.5. The van der Waals surface area contributed by atoms with E-state index in [4.69, 9.17) is 0 Å². The molecule has 1 fully saturated rings. The third-order valence-corrected chi connectivity index (χ3v) is 3.57. The van der Waals surface area contributed by atoms with Gasteiger partial charge in [-0.2, -0.15) is 0 Å². The average Bonchev–Trinajstić information content (AvgIpc) is 2.74. The van der Waals surface area contributed by atoms with Gasteiger partial charge in [-0.1, -0.05) is 19.8 Å². The maximum absolute atomic E-state index is 11.5. The van der Waals surface area contributed by atoms with Crippen LogP contribution in [0.1, 0.15) is 38.4 Å². The van der Waals surface area contributed by atoms with E-state index >= 15 is 0 Å². The lowest BCUT2D eigenvalue weighted by atomic mass is 10.0. The third-order valence-electron chi connectivity index (χ3n) is 3.57. The largest absolute Gasteiger partial charge is 0.388 e. The van der Waals surface area contributed by atoms with Gasteiger partial charge < -0.3 is 15.0 Å². The number of hydrogen-bond acceptors (Lipinski definition) is 4. The van der Waals surface area contributed by atoms with E-state index < -0.39 is 5.60 Å². The second kappa shape index (κ2) is 5.10. The summed E-state index contributed by atoms with van der Waals surface area (Å²) >= 11 is 0. The summed E-state index contributed by atoms with van der Waals surface area (Å²) in [5, 5.41) is 10.4. The fraction of sp³-hybridized carbons (Fsp3) is 0.692. The van der Waals surface area contributed by atoms with Crippen LogP contribution in [0.3, 0.4) is 0 Å². The summed E-state index contributed by atoms with van der Waals surface area (Å²) in [5.74, 6) is 1.32. The van der Waals surface area contributed by atoms with Crippen LogP contribution in [0.15, 0.2) is 10.9 Å². The van der Waals surface area contributed by atoms with Crippen LogP contribution in [0.2, 0.25) is 0 Å². The number of likely N-dealkylation sites (N-methyl/N-ethyl adjacent to an activating group) is 1. The zero-order valence-electron chi connectivity index (χ0n) is 11.1. The van der Waals surface area contributed by atoms with Crippen LogP contribution in [-0.2, 0) is 6.42 Å². The van der Waals surface area contributed by atoms with Gasteiger partial charge in [-0.3, -0.25) is 4.79 Å². The molecule has 0 atom stereocenters. The molecule has 5 heteroatoms. The van der Waals surface area contributed by atoms with Gasteiger partial charge in [0.05, 0.1) is 5.60 Å². The molecule has 0 radical (unpaired) electrons. The maximum atomic E-state index is 11.5. The summed E-state index contributed by atoms with van der Waals surface area (Å²) in [7, 11) is 1.87. The first-order chi connectivity index (χ1) is 8.52. The molecule has 5 nitrogen and oxygen atoms in total. The molecule has 1 aliphatic carbocycles. The fourth-order valence-electron chi connectivity index (χ4n) is 2.57. The Morgan fingerprint density at radius 2 is 2.17 bits per heavy atom. The monoisotopic (exact) mass is 251 g/mol. The molecule has 0 aromatic carbocycles. The molecule has 0 aliphatic heterocycles. The minimum Gasteiger partial charge on any atom is -0.388 e. The summed E-state index contributed by atoms with van der Waals surface area (Å²) in [6.07, 6.45) is 4.52. The molecule has 0 saturated heterocycles. The smallest absolute Gasteiger partial charge is 0.252 e. The van der Waals surface area contributed by atoms with Crippen LogP contribution >= 0.6 is 0 Å². The Bertz CT molecular complexity index is 464. The highest BCUT2D eigenvalue weighted by molar-refractivity contribution is 5.37. The molecular weight excluding hydrogens is 230 g/mol. The van der Waals surface area contributed by atoms with E-state index in [1.54, 1.807) is 0 Å². The number of H-pyrrole nitrogens is 1. The molecule has 0 unspecified atom stereocenters. The van der Waals surface area contributed by atoms with Crippen LogP contribution in [0.4, 0.5) is 5.82 Å². The summed E-state index contributed by atoms with van der Waals surface area (Å²) in [5.41, 5.74) is -0.757. The van der Waals surface area contributed by atoms with E-state index in [-0.39, 0.29) is 5.56 Å². The van der Waals surface area contributed by atoms with Crippen LogP contribution in [0.25, 0.3) is 0 Å². The van der Waals surface area contributed by atoms with Gasteiger partial charge in [0.1, 0.15) is 11.6 Å². The standard InChI is InChI=1S/C13H21N3O2/c1-3-10-14-11(8-12(17)15-10)16(2)9-13(18)6-4-5-7-13/h8,18H,3-7,9H2,1-2H3,(H,14,15,17). The predicted octanol–water partition coefficient (Wildman–Crippen LogP) is 1.07. The second-order valence-electron chi connectivity index (χ2n) is 5.19. The molecule has 2 N–H and O–H groups in total. The number of hydrogen-bond donors (Lipinski definition) is 2. The number of nitrogens with zero attached hydrogens (tertiary/aromatic N) is 2. The molecular formula is C13H21N3O2. The van der Waals surface area contributed by atoms with Crippen molar-refractivity contribution in [2.75, 3.05) is 18.5 Å². The van der Waals surface area contributed by atoms with E-state index in [1.807, 2.05) is 18.9 Å². The third kappa shape index (κ3) is 2.90. The lowest BCUT2D eigenvalue weighted by Crippen LogP contribution is -2.40. The molecule has 1 aromatic rings. The zero-order valence-corrected chi connectivity index (χ0v) is 11.1. The topological polar surface area (TPSA) is 69.2 Å². The number of aliphatic hydroxyl groups is 1. The minimum atomic E-state index is -0.620. The van der Waals surface area contributed by atoms with Crippen molar-refractivity contribution in [2.45, 2.75) is 44.6 Å². The van der Waals surface area contributed by atoms with Crippen molar-refractivity contribution in [3.8, 4) is 0 Å². The van der Waals surface area contributed by atoms with Crippen LogP contribution in [0, 0.1) is 0 Å². The van der Waals surface area contributed by atoms with Crippen molar-refractivity contribution in [3.05, 3.63) is 22.2 Å². The molecule has 1 heterocycles. The number of aryl methyl sites for hydroxylation is 1. The van der Waals surface area contributed by atoms with Gasteiger partial charge in [-0.15, -0.1) is 0 Å². The van der Waals surface area contributed by atoms with Crippen LogP contribution in [0.5, 0.6) is 0 Å². The van der Waals surface area contributed by atoms with Gasteiger partial charge in [0.15, 0.2) is 0 Å². The molecule has 1 saturated carbocycles. The highest BCUT2D eigenvalue weighted by atomic mass is 16.3. The first kappa shape index (κ1) is 13.1. The first-order valence-electron chi connectivity index (χ1n) is 6.56. The van der Waals surface area contributed by atoms with Gasteiger partial charge >= 0.3 is 0 Å². The summed E-state index contributed by atoms with van der Waals surface area (Å²) in [6, 6.07) is 1.48. The summed E-state index contributed by atoms with van der Waals surface area (Å²) in [6.45, 7) is 2.49. The lowest BCUT2D eigenvalue weighted by molar-refractivity contribution is 0.0558. The Balaban J connectivity index is 2.15. The Labute approximate surface area is 107 Å². The van der Waals surface area contributed by atoms with E-state index in [0.717, 1.165) is 25.7 Å².